The molecule has 0 bridgehead atoms. The van der Waals surface area contributed by atoms with E-state index in [1.165, 1.54) is 36.7 Å². The Hall–Kier alpha value is -1.50. The molecule has 0 saturated heterocycles. The summed E-state index contributed by atoms with van der Waals surface area (Å²) in [4.78, 5) is 3.77. The van der Waals surface area contributed by atoms with Gasteiger partial charge in [-0.3, -0.25) is 9.71 Å². The van der Waals surface area contributed by atoms with Gasteiger partial charge in [-0.05, 0) is 24.3 Å². The number of pyridine rings is 1. The van der Waals surface area contributed by atoms with Crippen LogP contribution in [0.25, 0.3) is 0 Å². The molecule has 0 spiro atoms. The number of halogens is 2. The van der Waals surface area contributed by atoms with Gasteiger partial charge in [0, 0.05) is 6.20 Å². The van der Waals surface area contributed by atoms with Gasteiger partial charge in [0.05, 0.1) is 32.5 Å². The fraction of sp³-hybridized carbons (Fsp3) is 0. The Kier molecular flexibility index (Phi) is 3.84. The molecule has 0 saturated carbocycles. The normalized spacial score (nSPS) is 11.3. The number of hydrogen-bond donors (Lipinski definition) is 2. The molecule has 0 aliphatic rings. The van der Waals surface area contributed by atoms with E-state index in [1.807, 2.05) is 0 Å². The van der Waals surface area contributed by atoms with Crippen LogP contribution in [-0.2, 0) is 10.0 Å². The molecule has 8 heteroatoms. The van der Waals surface area contributed by atoms with Crippen molar-refractivity contribution < 1.29 is 8.42 Å². The van der Waals surface area contributed by atoms with Gasteiger partial charge in [-0.25, -0.2) is 8.42 Å². The van der Waals surface area contributed by atoms with Gasteiger partial charge in [0.15, 0.2) is 0 Å². The number of nitrogen functional groups attached to an aromatic ring is 1. The molecular weight excluding hydrogens is 309 g/mol. The van der Waals surface area contributed by atoms with Crippen LogP contribution in [0.1, 0.15) is 0 Å². The molecule has 1 aromatic heterocycles. The van der Waals surface area contributed by atoms with E-state index < -0.39 is 10.0 Å². The summed E-state index contributed by atoms with van der Waals surface area (Å²) in [5.74, 6) is 0. The molecule has 2 rings (SSSR count). The molecule has 0 fully saturated rings. The molecule has 0 aliphatic heterocycles. The van der Waals surface area contributed by atoms with Crippen LogP contribution in [0.5, 0.6) is 0 Å². The first-order chi connectivity index (χ1) is 8.90. The van der Waals surface area contributed by atoms with Crippen molar-refractivity contribution in [3.05, 3.63) is 46.7 Å². The van der Waals surface area contributed by atoms with Crippen molar-refractivity contribution in [1.29, 1.82) is 0 Å². The van der Waals surface area contributed by atoms with Crippen molar-refractivity contribution in [1.82, 2.24) is 4.98 Å². The quantitative estimate of drug-likeness (QED) is 0.911. The van der Waals surface area contributed by atoms with Crippen molar-refractivity contribution in [2.75, 3.05) is 10.5 Å². The molecule has 2 aromatic rings. The zero-order valence-electron chi connectivity index (χ0n) is 9.47. The van der Waals surface area contributed by atoms with Crippen molar-refractivity contribution in [2.24, 2.45) is 0 Å². The number of rotatable bonds is 3. The van der Waals surface area contributed by atoms with Crippen LogP contribution in [0.2, 0.25) is 10.0 Å². The minimum atomic E-state index is -3.78. The first-order valence-corrected chi connectivity index (χ1v) is 7.31. The molecule has 0 amide bonds. The van der Waals surface area contributed by atoms with E-state index in [-0.39, 0.29) is 26.3 Å². The van der Waals surface area contributed by atoms with Gasteiger partial charge < -0.3 is 5.73 Å². The summed E-state index contributed by atoms with van der Waals surface area (Å²) in [5, 5.41) is 0.441. The molecule has 5 nitrogen and oxygen atoms in total. The lowest BCUT2D eigenvalue weighted by Gasteiger charge is -2.10. The summed E-state index contributed by atoms with van der Waals surface area (Å²) >= 11 is 11.5. The maximum absolute atomic E-state index is 12.1. The predicted molar refractivity (Wildman–Crippen MR) is 75.9 cm³/mol. The summed E-state index contributed by atoms with van der Waals surface area (Å²) in [6.07, 6.45) is 2.79. The zero-order chi connectivity index (χ0) is 14.0. The van der Waals surface area contributed by atoms with Gasteiger partial charge in [-0.15, -0.1) is 0 Å². The van der Waals surface area contributed by atoms with Crippen LogP contribution in [0, 0.1) is 0 Å². The maximum Gasteiger partial charge on any atom is 0.262 e. The van der Waals surface area contributed by atoms with E-state index in [9.17, 15) is 8.42 Å². The Morgan fingerprint density at radius 1 is 1.16 bits per heavy atom. The van der Waals surface area contributed by atoms with Crippen molar-refractivity contribution in [3.8, 4) is 0 Å². The topological polar surface area (TPSA) is 85.1 Å². The van der Waals surface area contributed by atoms with E-state index in [2.05, 4.69) is 9.71 Å². The molecule has 1 heterocycles. The minimum Gasteiger partial charge on any atom is -0.396 e. The summed E-state index contributed by atoms with van der Waals surface area (Å²) in [6, 6.07) is 5.50. The van der Waals surface area contributed by atoms with Gasteiger partial charge in [-0.2, -0.15) is 0 Å². The van der Waals surface area contributed by atoms with Crippen LogP contribution in [0.4, 0.5) is 11.4 Å². The predicted octanol–water partition coefficient (Wildman–Crippen LogP) is 2.77. The van der Waals surface area contributed by atoms with E-state index in [1.54, 1.807) is 0 Å². The number of hydrogen-bond acceptors (Lipinski definition) is 4. The van der Waals surface area contributed by atoms with Gasteiger partial charge in [0.2, 0.25) is 0 Å². The number of sulfonamides is 1. The molecule has 1 aromatic carbocycles. The fourth-order valence-corrected chi connectivity index (χ4v) is 2.82. The first-order valence-electron chi connectivity index (χ1n) is 5.07. The van der Waals surface area contributed by atoms with Gasteiger partial charge in [0.1, 0.15) is 0 Å². The zero-order valence-corrected chi connectivity index (χ0v) is 11.8. The largest absolute Gasteiger partial charge is 0.396 e. The van der Waals surface area contributed by atoms with Crippen LogP contribution < -0.4 is 10.5 Å². The van der Waals surface area contributed by atoms with Crippen molar-refractivity contribution in [2.45, 2.75) is 4.90 Å². The van der Waals surface area contributed by atoms with Crippen molar-refractivity contribution >= 4 is 44.6 Å². The molecule has 0 unspecified atom stereocenters. The molecule has 0 aliphatic carbocycles. The van der Waals surface area contributed by atoms with E-state index in [0.717, 1.165) is 0 Å². The van der Waals surface area contributed by atoms with Crippen LogP contribution in [0.15, 0.2) is 41.6 Å². The second-order valence-corrected chi connectivity index (χ2v) is 6.14. The number of nitrogens with one attached hydrogen (secondary N) is 1. The third-order valence-electron chi connectivity index (χ3n) is 2.30. The Balaban J connectivity index is 2.38. The third-order valence-corrected chi connectivity index (χ3v) is 4.40. The lowest BCUT2D eigenvalue weighted by Crippen LogP contribution is -2.14. The summed E-state index contributed by atoms with van der Waals surface area (Å²) in [5.41, 5.74) is 6.10. The third kappa shape index (κ3) is 3.09. The Morgan fingerprint density at radius 2 is 1.89 bits per heavy atom. The second kappa shape index (κ2) is 5.24. The highest BCUT2D eigenvalue weighted by Gasteiger charge is 2.16. The lowest BCUT2D eigenvalue weighted by molar-refractivity contribution is 0.601. The van der Waals surface area contributed by atoms with Crippen molar-refractivity contribution in [3.63, 3.8) is 0 Å². The lowest BCUT2D eigenvalue weighted by atomic mass is 10.4. The van der Waals surface area contributed by atoms with E-state index >= 15 is 0 Å². The monoisotopic (exact) mass is 317 g/mol. The highest BCUT2D eigenvalue weighted by Crippen LogP contribution is 2.26. The Morgan fingerprint density at radius 3 is 2.53 bits per heavy atom. The minimum absolute atomic E-state index is 0.00175. The Labute approximate surface area is 120 Å². The SMILES string of the molecule is Nc1cnccc1NS(=O)(=O)c1ccc(Cl)c(Cl)c1. The van der Waals surface area contributed by atoms with Crippen LogP contribution in [-0.4, -0.2) is 13.4 Å². The number of aromatic nitrogens is 1. The number of nitrogens with zero attached hydrogens (tertiary/aromatic N) is 1. The smallest absolute Gasteiger partial charge is 0.262 e. The van der Waals surface area contributed by atoms with Crippen LogP contribution >= 0.6 is 23.2 Å². The average Bonchev–Trinajstić information content (AvgIpc) is 2.35. The standard InChI is InChI=1S/C11H9Cl2N3O2S/c12-8-2-1-7(5-9(8)13)19(17,18)16-11-3-4-15-6-10(11)14/h1-6H,14H2,(H,15,16). The second-order valence-electron chi connectivity index (χ2n) is 3.64. The highest BCUT2D eigenvalue weighted by molar-refractivity contribution is 7.92. The maximum atomic E-state index is 12.1. The highest BCUT2D eigenvalue weighted by atomic mass is 35.5. The number of anilines is 2. The fourth-order valence-electron chi connectivity index (χ4n) is 1.35. The van der Waals surface area contributed by atoms with Gasteiger partial charge >= 0.3 is 0 Å². The summed E-state index contributed by atoms with van der Waals surface area (Å²) in [7, 11) is -3.78. The van der Waals surface area contributed by atoms with Crippen LogP contribution in [0.3, 0.4) is 0 Å². The summed E-state index contributed by atoms with van der Waals surface area (Å²) < 4.78 is 26.6. The van der Waals surface area contributed by atoms with Gasteiger partial charge in [0.25, 0.3) is 10.0 Å². The molecular formula is C11H9Cl2N3O2S. The van der Waals surface area contributed by atoms with Gasteiger partial charge in [-0.1, -0.05) is 23.2 Å². The molecule has 100 valence electrons. The number of nitrogens with two attached hydrogens (primary N) is 1. The molecule has 0 radical (unpaired) electrons. The molecule has 19 heavy (non-hydrogen) atoms. The Bertz CT molecular complexity index is 720. The summed E-state index contributed by atoms with van der Waals surface area (Å²) in [6.45, 7) is 0. The van der Waals surface area contributed by atoms with E-state index in [0.29, 0.717) is 0 Å². The van der Waals surface area contributed by atoms with E-state index in [4.69, 9.17) is 28.9 Å². The average molecular weight is 318 g/mol. The molecule has 3 N–H and O–H groups in total. The molecule has 0 atom stereocenters. The number of benzene rings is 1. The first kappa shape index (κ1) is 13.9.